The molecule has 1 heterocycles. The minimum absolute atomic E-state index is 0.109. The number of amides is 3. The number of ether oxygens (including phenoxy) is 1. The van der Waals surface area contributed by atoms with Gasteiger partial charge in [-0.15, -0.1) is 0 Å². The van der Waals surface area contributed by atoms with Crippen LogP contribution in [0.1, 0.15) is 65.8 Å². The Morgan fingerprint density at radius 3 is 1.88 bits per heavy atom. The van der Waals surface area contributed by atoms with Crippen LogP contribution in [0.3, 0.4) is 0 Å². The van der Waals surface area contributed by atoms with Gasteiger partial charge in [0.15, 0.2) is 6.61 Å². The Labute approximate surface area is 246 Å². The molecular weight excluding hydrogens is 561 g/mol. The van der Waals surface area contributed by atoms with E-state index in [-0.39, 0.29) is 23.9 Å². The third-order valence-corrected chi connectivity index (χ3v) is 8.72. The molecule has 1 fully saturated rings. The molecule has 7 rings (SSSR count). The van der Waals surface area contributed by atoms with E-state index < -0.39 is 59.9 Å². The van der Waals surface area contributed by atoms with Crippen molar-refractivity contribution < 1.29 is 37.1 Å². The van der Waals surface area contributed by atoms with E-state index in [0.717, 1.165) is 45.4 Å². The second kappa shape index (κ2) is 11.0. The average Bonchev–Trinajstić information content (AvgIpc) is 3.26. The Morgan fingerprint density at radius 1 is 0.860 bits per heavy atom. The number of benzene rings is 3. The molecular formula is C33H29F3N2O5. The largest absolute Gasteiger partial charge is 0.454 e. The van der Waals surface area contributed by atoms with Crippen LogP contribution in [0.25, 0.3) is 0 Å². The fourth-order valence-electron chi connectivity index (χ4n) is 6.96. The summed E-state index contributed by atoms with van der Waals surface area (Å²) in [7, 11) is 0. The summed E-state index contributed by atoms with van der Waals surface area (Å²) >= 11 is 0. The predicted molar refractivity (Wildman–Crippen MR) is 150 cm³/mol. The molecule has 1 saturated heterocycles. The highest BCUT2D eigenvalue weighted by Gasteiger charge is 2.63. The molecule has 3 atom stereocenters. The number of carbonyl (C=O) groups excluding carboxylic acids is 4. The lowest BCUT2D eigenvalue weighted by Crippen LogP contribution is -2.47. The van der Waals surface area contributed by atoms with Crippen LogP contribution in [0, 0.1) is 11.8 Å². The normalized spacial score (nSPS) is 22.5. The summed E-state index contributed by atoms with van der Waals surface area (Å²) < 4.78 is 44.4. The molecule has 0 aromatic heterocycles. The van der Waals surface area contributed by atoms with Gasteiger partial charge in [-0.25, -0.2) is 4.79 Å². The van der Waals surface area contributed by atoms with Crippen LogP contribution in [0.15, 0.2) is 72.8 Å². The highest BCUT2D eigenvalue weighted by atomic mass is 19.4. The number of unbranched alkanes of at least 4 members (excludes halogenated alkanes) is 1. The number of nitrogens with zero attached hydrogens (tertiary/aromatic N) is 1. The summed E-state index contributed by atoms with van der Waals surface area (Å²) in [6.07, 6.45) is -3.22. The van der Waals surface area contributed by atoms with Crippen LogP contribution in [0.2, 0.25) is 0 Å². The predicted octanol–water partition coefficient (Wildman–Crippen LogP) is 5.64. The first-order valence-electron chi connectivity index (χ1n) is 14.3. The maximum Gasteiger partial charge on any atom is 0.416 e. The molecule has 1 aliphatic heterocycles. The minimum Gasteiger partial charge on any atom is -0.454 e. The number of esters is 1. The maximum atomic E-state index is 14.1. The summed E-state index contributed by atoms with van der Waals surface area (Å²) in [6, 6.07) is 18.5. The van der Waals surface area contributed by atoms with Crippen molar-refractivity contribution in [2.45, 2.75) is 50.2 Å². The number of nitrogens with one attached hydrogen (secondary N) is 1. The first-order chi connectivity index (χ1) is 20.6. The molecule has 10 heteroatoms. The number of hydrogen-bond acceptors (Lipinski definition) is 5. The Balaban J connectivity index is 1.23. The van der Waals surface area contributed by atoms with Gasteiger partial charge in [0, 0.05) is 17.5 Å². The van der Waals surface area contributed by atoms with E-state index in [1.165, 1.54) is 6.07 Å². The summed E-state index contributed by atoms with van der Waals surface area (Å²) in [5.41, 5.74) is 2.99. The van der Waals surface area contributed by atoms with E-state index in [1.54, 1.807) is 0 Å². The van der Waals surface area contributed by atoms with E-state index in [2.05, 4.69) is 5.32 Å². The second-order valence-electron chi connectivity index (χ2n) is 11.2. The molecule has 0 unspecified atom stereocenters. The van der Waals surface area contributed by atoms with Gasteiger partial charge in [0.25, 0.3) is 5.91 Å². The standard InChI is InChI=1S/C33H29F3N2O5/c1-2-3-15-24(32(42)43-17-25(39)37-19-10-8-9-18(16-19)33(34,35)36)38-30(40)28-26-20-11-4-5-12-21(20)27(29(28)31(38)41)23-14-7-6-13-22(23)26/h4-14,16,24,26-29H,2-3,15,17H2,1H3,(H,37,39)/t24-,26?,27?,28-,29-/m1/s1. The molecule has 3 amide bonds. The third kappa shape index (κ3) is 4.88. The third-order valence-electron chi connectivity index (χ3n) is 8.72. The van der Waals surface area contributed by atoms with E-state index in [1.807, 2.05) is 55.5 Å². The molecule has 222 valence electrons. The molecule has 2 bridgehead atoms. The van der Waals surface area contributed by atoms with Crippen LogP contribution < -0.4 is 5.32 Å². The summed E-state index contributed by atoms with van der Waals surface area (Å²) in [5, 5.41) is 2.30. The highest BCUT2D eigenvalue weighted by molar-refractivity contribution is 6.10. The number of likely N-dealkylation sites (tertiary alicyclic amines) is 1. The number of anilines is 1. The quantitative estimate of drug-likeness (QED) is 0.271. The van der Waals surface area contributed by atoms with Gasteiger partial charge in [-0.1, -0.05) is 74.4 Å². The molecule has 1 N–H and O–H groups in total. The number of hydrogen-bond donors (Lipinski definition) is 1. The average molecular weight is 591 g/mol. The van der Waals surface area contributed by atoms with E-state index in [4.69, 9.17) is 4.74 Å². The smallest absolute Gasteiger partial charge is 0.416 e. The molecule has 0 spiro atoms. The van der Waals surface area contributed by atoms with E-state index in [0.29, 0.717) is 12.8 Å². The van der Waals surface area contributed by atoms with Crippen molar-refractivity contribution in [2.75, 3.05) is 11.9 Å². The van der Waals surface area contributed by atoms with Crippen LogP contribution in [-0.4, -0.2) is 41.2 Å². The van der Waals surface area contributed by atoms with Crippen LogP contribution >= 0.6 is 0 Å². The minimum atomic E-state index is -4.59. The van der Waals surface area contributed by atoms with Gasteiger partial charge in [-0.3, -0.25) is 19.3 Å². The maximum absolute atomic E-state index is 14.1. The van der Waals surface area contributed by atoms with E-state index >= 15 is 0 Å². The first-order valence-corrected chi connectivity index (χ1v) is 14.3. The topological polar surface area (TPSA) is 92.8 Å². The zero-order valence-corrected chi connectivity index (χ0v) is 23.3. The lowest BCUT2D eigenvalue weighted by Gasteiger charge is -2.45. The zero-order valence-electron chi connectivity index (χ0n) is 23.3. The summed E-state index contributed by atoms with van der Waals surface area (Å²) in [5.74, 6) is -4.60. The molecule has 3 aliphatic carbocycles. The monoisotopic (exact) mass is 590 g/mol. The van der Waals surface area contributed by atoms with Gasteiger partial charge in [-0.05, 0) is 46.9 Å². The van der Waals surface area contributed by atoms with Gasteiger partial charge in [0.2, 0.25) is 11.8 Å². The Kier molecular flexibility index (Phi) is 7.31. The van der Waals surface area contributed by atoms with Crippen molar-refractivity contribution in [1.29, 1.82) is 0 Å². The van der Waals surface area contributed by atoms with Gasteiger partial charge in [-0.2, -0.15) is 13.2 Å². The number of rotatable bonds is 8. The second-order valence-corrected chi connectivity index (χ2v) is 11.2. The SMILES string of the molecule is CCCC[C@H](C(=O)OCC(=O)Nc1cccc(C(F)(F)F)c1)N1C(=O)[C@@H]2C3c4ccccc4C(c4ccccc43)[C@H]2C1=O. The van der Waals surface area contributed by atoms with Gasteiger partial charge in [0.1, 0.15) is 6.04 Å². The molecule has 4 aliphatic rings. The van der Waals surface area contributed by atoms with Crippen molar-refractivity contribution in [2.24, 2.45) is 11.8 Å². The van der Waals surface area contributed by atoms with Crippen LogP contribution in [0.4, 0.5) is 18.9 Å². The van der Waals surface area contributed by atoms with Crippen molar-refractivity contribution in [3.8, 4) is 0 Å². The molecule has 0 saturated carbocycles. The van der Waals surface area contributed by atoms with Crippen molar-refractivity contribution >= 4 is 29.4 Å². The Morgan fingerprint density at radius 2 is 1.40 bits per heavy atom. The number of imide groups is 1. The number of alkyl halides is 3. The van der Waals surface area contributed by atoms with Crippen LogP contribution in [0.5, 0.6) is 0 Å². The van der Waals surface area contributed by atoms with E-state index in [9.17, 15) is 32.3 Å². The van der Waals surface area contributed by atoms with Gasteiger partial charge >= 0.3 is 12.1 Å². The Hall–Kier alpha value is -4.47. The fraction of sp³-hybridized carbons (Fsp3) is 0.333. The molecule has 3 aromatic carbocycles. The number of carbonyl (C=O) groups is 4. The number of halogens is 3. The fourth-order valence-corrected chi connectivity index (χ4v) is 6.96. The molecule has 43 heavy (non-hydrogen) atoms. The highest BCUT2D eigenvalue weighted by Crippen LogP contribution is 2.61. The van der Waals surface area contributed by atoms with Gasteiger partial charge in [0.05, 0.1) is 17.4 Å². The molecule has 3 aromatic rings. The van der Waals surface area contributed by atoms with Crippen molar-refractivity contribution in [3.05, 3.63) is 101 Å². The lowest BCUT2D eigenvalue weighted by molar-refractivity contribution is -0.160. The first kappa shape index (κ1) is 28.6. The lowest BCUT2D eigenvalue weighted by atomic mass is 9.55. The summed E-state index contributed by atoms with van der Waals surface area (Å²) in [4.78, 5) is 55.1. The van der Waals surface area contributed by atoms with Crippen LogP contribution in [-0.2, 0) is 30.1 Å². The Bertz CT molecular complexity index is 1500. The van der Waals surface area contributed by atoms with Crippen molar-refractivity contribution in [1.82, 2.24) is 4.90 Å². The molecule has 7 nitrogen and oxygen atoms in total. The summed E-state index contributed by atoms with van der Waals surface area (Å²) in [6.45, 7) is 1.12. The van der Waals surface area contributed by atoms with Gasteiger partial charge < -0.3 is 10.1 Å². The zero-order chi connectivity index (χ0) is 30.5. The molecule has 0 radical (unpaired) electrons. The van der Waals surface area contributed by atoms with Crippen molar-refractivity contribution in [3.63, 3.8) is 0 Å².